The van der Waals surface area contributed by atoms with Crippen molar-refractivity contribution < 1.29 is 28.8 Å². The molecule has 6 nitrogen and oxygen atoms in total. The fraction of sp³-hybridized carbons (Fsp3) is 0.516. The number of aliphatic hydroxyl groups is 1. The predicted octanol–water partition coefficient (Wildman–Crippen LogP) is 8.18. The Morgan fingerprint density at radius 2 is 1.00 bits per heavy atom. The van der Waals surface area contributed by atoms with Gasteiger partial charge >= 0.3 is 0 Å². The normalized spacial score (nSPS) is 11.3. The minimum atomic E-state index is -0.324. The van der Waals surface area contributed by atoms with Crippen LogP contribution in [-0.2, 0) is 0 Å². The molecule has 0 saturated heterocycles. The van der Waals surface area contributed by atoms with Crippen LogP contribution >= 0.6 is 0 Å². The van der Waals surface area contributed by atoms with Gasteiger partial charge in [-0.2, -0.15) is 0 Å². The van der Waals surface area contributed by atoms with Crippen LogP contribution in [0.15, 0.2) is 42.5 Å². The van der Waals surface area contributed by atoms with E-state index in [-0.39, 0.29) is 11.5 Å². The van der Waals surface area contributed by atoms with Crippen molar-refractivity contribution in [3.05, 3.63) is 53.6 Å². The largest absolute Gasteiger partial charge is 0.507 e. The smallest absolute Gasteiger partial charge is 0.189 e. The quantitative estimate of drug-likeness (QED) is 0.0885. The Morgan fingerprint density at radius 1 is 0.622 bits per heavy atom. The van der Waals surface area contributed by atoms with Crippen molar-refractivity contribution >= 4 is 11.5 Å². The van der Waals surface area contributed by atoms with E-state index in [0.717, 1.165) is 51.4 Å². The average molecular weight is 513 g/mol. The Hall–Kier alpha value is -3.15. The Balaban J connectivity index is 2.24. The summed E-state index contributed by atoms with van der Waals surface area (Å²) in [6, 6.07) is 10.4. The van der Waals surface area contributed by atoms with Gasteiger partial charge in [0.05, 0.1) is 26.4 Å². The molecular weight excluding hydrogens is 468 g/mol. The third-order valence-electron chi connectivity index (χ3n) is 5.76. The number of unbranched alkanes of at least 4 members (excludes halogenated alkanes) is 4. The van der Waals surface area contributed by atoms with Crippen molar-refractivity contribution in [2.75, 3.05) is 26.4 Å². The Kier molecular flexibility index (Phi) is 14.1. The Labute approximate surface area is 222 Å². The van der Waals surface area contributed by atoms with Gasteiger partial charge in [0.15, 0.2) is 28.8 Å². The maximum absolute atomic E-state index is 13.0. The highest BCUT2D eigenvalue weighted by molar-refractivity contribution is 6.08. The number of aliphatic hydroxyl groups excluding tert-OH is 1. The first-order valence-electron chi connectivity index (χ1n) is 13.8. The number of hydrogen-bond donors (Lipinski definition) is 1. The molecule has 0 aliphatic rings. The highest BCUT2D eigenvalue weighted by atomic mass is 16.5. The zero-order chi connectivity index (χ0) is 26.9. The lowest BCUT2D eigenvalue weighted by atomic mass is 10.1. The van der Waals surface area contributed by atoms with Crippen molar-refractivity contribution in [2.24, 2.45) is 0 Å². The summed E-state index contributed by atoms with van der Waals surface area (Å²) in [6.07, 6.45) is 9.03. The number of hydrogen-bond acceptors (Lipinski definition) is 6. The summed E-state index contributed by atoms with van der Waals surface area (Å²) in [7, 11) is 0. The minimum Gasteiger partial charge on any atom is -0.507 e. The zero-order valence-electron chi connectivity index (χ0n) is 23.0. The average Bonchev–Trinajstić information content (AvgIpc) is 2.90. The number of ketones is 1. The van der Waals surface area contributed by atoms with Gasteiger partial charge in [0.2, 0.25) is 0 Å². The van der Waals surface area contributed by atoms with Crippen molar-refractivity contribution in [3.63, 3.8) is 0 Å². The predicted molar refractivity (Wildman–Crippen MR) is 149 cm³/mol. The van der Waals surface area contributed by atoms with Gasteiger partial charge in [-0.1, -0.05) is 53.4 Å². The molecule has 0 aliphatic heterocycles. The molecule has 37 heavy (non-hydrogen) atoms. The molecule has 0 heterocycles. The summed E-state index contributed by atoms with van der Waals surface area (Å²) < 4.78 is 23.6. The molecule has 0 unspecified atom stereocenters. The number of rotatable bonds is 19. The van der Waals surface area contributed by atoms with Crippen LogP contribution in [0.1, 0.15) is 95.0 Å². The molecule has 0 bridgehead atoms. The number of carbonyl (C=O) groups is 1. The molecule has 0 spiro atoms. The van der Waals surface area contributed by atoms with Gasteiger partial charge in [-0.05, 0) is 62.1 Å². The molecule has 0 fully saturated rings. The first-order chi connectivity index (χ1) is 18.0. The van der Waals surface area contributed by atoms with E-state index < -0.39 is 0 Å². The summed E-state index contributed by atoms with van der Waals surface area (Å²) in [5, 5.41) is 10.8. The number of allylic oxidation sites excluding steroid dienone is 1. The van der Waals surface area contributed by atoms with E-state index in [1.807, 2.05) is 0 Å². The lowest BCUT2D eigenvalue weighted by molar-refractivity contribution is 0.104. The molecule has 0 atom stereocenters. The zero-order valence-corrected chi connectivity index (χ0v) is 23.0. The number of carbonyl (C=O) groups excluding carboxylic acids is 1. The van der Waals surface area contributed by atoms with E-state index in [1.165, 1.54) is 6.08 Å². The van der Waals surface area contributed by atoms with Gasteiger partial charge in [0, 0.05) is 17.2 Å². The molecule has 0 amide bonds. The van der Waals surface area contributed by atoms with E-state index >= 15 is 0 Å². The monoisotopic (exact) mass is 512 g/mol. The summed E-state index contributed by atoms with van der Waals surface area (Å²) in [4.78, 5) is 13.0. The van der Waals surface area contributed by atoms with Crippen LogP contribution in [0.5, 0.6) is 23.0 Å². The highest BCUT2D eigenvalue weighted by Crippen LogP contribution is 2.32. The fourth-order valence-corrected chi connectivity index (χ4v) is 3.39. The van der Waals surface area contributed by atoms with Gasteiger partial charge in [-0.3, -0.25) is 4.79 Å². The summed E-state index contributed by atoms with van der Waals surface area (Å²) in [6.45, 7) is 10.7. The van der Waals surface area contributed by atoms with Crippen molar-refractivity contribution in [2.45, 2.75) is 79.1 Å². The second-order valence-electron chi connectivity index (χ2n) is 9.02. The van der Waals surface area contributed by atoms with E-state index in [2.05, 4.69) is 27.7 Å². The highest BCUT2D eigenvalue weighted by Gasteiger charge is 2.14. The van der Waals surface area contributed by atoms with Crippen LogP contribution < -0.4 is 18.9 Å². The molecule has 0 saturated carbocycles. The SMILES string of the molecule is CCCCOc1ccc(C(=O)/C=C(\O)c2ccc(OCCCC)c(OCCCC)c2)cc1OCCCC. The molecular formula is C31H44O6. The van der Waals surface area contributed by atoms with Crippen molar-refractivity contribution in [1.82, 2.24) is 0 Å². The van der Waals surface area contributed by atoms with Crippen molar-refractivity contribution in [3.8, 4) is 23.0 Å². The summed E-state index contributed by atoms with van der Waals surface area (Å²) in [5.41, 5.74) is 0.904. The van der Waals surface area contributed by atoms with Crippen LogP contribution in [-0.4, -0.2) is 37.3 Å². The molecule has 2 rings (SSSR count). The lowest BCUT2D eigenvalue weighted by Crippen LogP contribution is -2.05. The van der Waals surface area contributed by atoms with Crippen molar-refractivity contribution in [1.29, 1.82) is 0 Å². The van der Waals surface area contributed by atoms with Gasteiger partial charge in [0.25, 0.3) is 0 Å². The van der Waals surface area contributed by atoms with Crippen LogP contribution in [0, 0.1) is 0 Å². The molecule has 1 N–H and O–H groups in total. The van der Waals surface area contributed by atoms with Gasteiger partial charge in [-0.15, -0.1) is 0 Å². The van der Waals surface area contributed by atoms with Crippen LogP contribution in [0.25, 0.3) is 5.76 Å². The molecule has 0 aromatic heterocycles. The van der Waals surface area contributed by atoms with Crippen LogP contribution in [0.3, 0.4) is 0 Å². The van der Waals surface area contributed by atoms with Crippen LogP contribution in [0.4, 0.5) is 0 Å². The topological polar surface area (TPSA) is 74.2 Å². The second kappa shape index (κ2) is 17.3. The molecule has 2 aromatic rings. The molecule has 6 heteroatoms. The number of ether oxygens (including phenoxy) is 4. The Morgan fingerprint density at radius 3 is 1.43 bits per heavy atom. The standard InChI is InChI=1S/C31H44O6/c1-5-9-17-34-28-15-13-24(21-30(28)36-19-11-7-3)26(32)23-27(33)25-14-16-29(35-18-10-6-2)31(22-25)37-20-12-8-4/h13-16,21-23,32H,5-12,17-20H2,1-4H3/b26-23-. The lowest BCUT2D eigenvalue weighted by Gasteiger charge is -2.14. The van der Waals surface area contributed by atoms with E-state index in [9.17, 15) is 9.90 Å². The third kappa shape index (κ3) is 10.4. The van der Waals surface area contributed by atoms with Gasteiger partial charge < -0.3 is 24.1 Å². The molecule has 0 radical (unpaired) electrons. The molecule has 2 aromatic carbocycles. The minimum absolute atomic E-state index is 0.137. The second-order valence-corrected chi connectivity index (χ2v) is 9.02. The number of benzene rings is 2. The maximum Gasteiger partial charge on any atom is 0.189 e. The third-order valence-corrected chi connectivity index (χ3v) is 5.76. The van der Waals surface area contributed by atoms with E-state index in [1.54, 1.807) is 36.4 Å². The first-order valence-corrected chi connectivity index (χ1v) is 13.8. The summed E-state index contributed by atoms with van der Waals surface area (Å²) >= 11 is 0. The van der Waals surface area contributed by atoms with E-state index in [4.69, 9.17) is 18.9 Å². The van der Waals surface area contributed by atoms with Crippen LogP contribution in [0.2, 0.25) is 0 Å². The molecule has 204 valence electrons. The first kappa shape index (κ1) is 30.1. The van der Waals surface area contributed by atoms with Gasteiger partial charge in [0.1, 0.15) is 5.76 Å². The maximum atomic E-state index is 13.0. The summed E-state index contributed by atoms with van der Waals surface area (Å²) in [5.74, 6) is 1.91. The molecule has 0 aliphatic carbocycles. The fourth-order valence-electron chi connectivity index (χ4n) is 3.39. The van der Waals surface area contributed by atoms with Gasteiger partial charge in [-0.25, -0.2) is 0 Å². The van der Waals surface area contributed by atoms with E-state index in [0.29, 0.717) is 60.6 Å². The Bertz CT molecular complexity index is 982.